The maximum absolute atomic E-state index is 15.0. The third-order valence-corrected chi connectivity index (χ3v) is 17.0. The summed E-state index contributed by atoms with van der Waals surface area (Å²) in [5.41, 5.74) is 1.86. The van der Waals surface area contributed by atoms with E-state index >= 15 is 4.79 Å². The predicted octanol–water partition coefficient (Wildman–Crippen LogP) is 8.36. The molecule has 2 heterocycles. The van der Waals surface area contributed by atoms with E-state index in [2.05, 4.69) is 82.7 Å². The van der Waals surface area contributed by atoms with Crippen LogP contribution in [0.3, 0.4) is 0 Å². The van der Waals surface area contributed by atoms with Crippen molar-refractivity contribution in [3.05, 3.63) is 71.3 Å². The molecule has 2 saturated heterocycles. The van der Waals surface area contributed by atoms with E-state index in [-0.39, 0.29) is 34.6 Å². The summed E-state index contributed by atoms with van der Waals surface area (Å²) in [6.07, 6.45) is 1.75. The SMILES string of the molecule is CNC1CCN(C(=O)[C@@H](NC(=O)C(Cc2ccc(C3(C(C)(C)C)OCCO3)cc2)CC(O[Si](C)(C)C(C)(C)C)C(Cc2ccccc2)NC(=O)OC(C)(C)C)C(C)C)CC1. The minimum atomic E-state index is -2.51. The molecule has 4 rings (SSSR count). The number of benzene rings is 2. The van der Waals surface area contributed by atoms with Crippen molar-refractivity contribution in [1.82, 2.24) is 20.9 Å². The van der Waals surface area contributed by atoms with Gasteiger partial charge in [0.25, 0.3) is 0 Å². The molecule has 2 aromatic carbocycles. The van der Waals surface area contributed by atoms with E-state index in [1.807, 2.05) is 89.0 Å². The molecule has 3 unspecified atom stereocenters. The van der Waals surface area contributed by atoms with Crippen LogP contribution in [0.1, 0.15) is 112 Å². The molecule has 4 atom stereocenters. The van der Waals surface area contributed by atoms with Gasteiger partial charge in [-0.2, -0.15) is 0 Å². The van der Waals surface area contributed by atoms with Gasteiger partial charge in [-0.05, 0) is 95.1 Å². The largest absolute Gasteiger partial charge is 0.444 e. The topological polar surface area (TPSA) is 127 Å². The average Bonchev–Trinajstić information content (AvgIpc) is 3.67. The Labute approximate surface area is 362 Å². The Balaban J connectivity index is 1.78. The van der Waals surface area contributed by atoms with Crippen molar-refractivity contribution in [2.45, 2.75) is 162 Å². The van der Waals surface area contributed by atoms with E-state index in [0.717, 1.165) is 29.5 Å². The van der Waals surface area contributed by atoms with Crippen molar-refractivity contribution in [3.8, 4) is 0 Å². The molecule has 0 aliphatic carbocycles. The van der Waals surface area contributed by atoms with Crippen LogP contribution in [0, 0.1) is 17.3 Å². The number of nitrogens with one attached hydrogen (secondary N) is 3. The maximum atomic E-state index is 15.0. The quantitative estimate of drug-likeness (QED) is 0.144. The summed E-state index contributed by atoms with van der Waals surface area (Å²) >= 11 is 0. The van der Waals surface area contributed by atoms with E-state index in [1.54, 1.807) is 0 Å². The van der Waals surface area contributed by atoms with Crippen LogP contribution in [0.5, 0.6) is 0 Å². The molecule has 2 aliphatic heterocycles. The number of rotatable bonds is 16. The summed E-state index contributed by atoms with van der Waals surface area (Å²) in [7, 11) is -0.546. The van der Waals surface area contributed by atoms with E-state index in [9.17, 15) is 9.59 Å². The third-order valence-electron chi connectivity index (χ3n) is 12.5. The summed E-state index contributed by atoms with van der Waals surface area (Å²) in [6, 6.07) is 17.4. The standard InChI is InChI=1S/C48H78N4O7Si/c1-33(2)41(43(54)52-26-24-38(49-12)25-27-52)51-42(53)36(30-35-20-22-37(23-21-35)48(45(3,4)5)56-28-29-57-48)32-40(59-60(13,14)47(9,10)11)39(31-34-18-16-15-17-19-34)50-44(55)58-46(6,7)8/h15-23,33,36,38-41,49H,24-32H2,1-14H3,(H,50,55)(H,51,53)/t36?,39?,40?,41-/m0/s1. The third kappa shape index (κ3) is 13.1. The van der Waals surface area contributed by atoms with Gasteiger partial charge in [-0.25, -0.2) is 4.79 Å². The minimum absolute atomic E-state index is 0.0531. The second kappa shape index (κ2) is 20.3. The zero-order valence-electron chi connectivity index (χ0n) is 39.3. The first kappa shape index (κ1) is 49.4. The van der Waals surface area contributed by atoms with Crippen LogP contribution >= 0.6 is 0 Å². The fourth-order valence-electron chi connectivity index (χ4n) is 7.98. The Morgan fingerprint density at radius 3 is 1.90 bits per heavy atom. The Bertz CT molecular complexity index is 1680. The van der Waals surface area contributed by atoms with Gasteiger partial charge in [0.15, 0.2) is 14.1 Å². The molecule has 0 aromatic heterocycles. The highest BCUT2D eigenvalue weighted by Crippen LogP contribution is 2.46. The molecule has 2 aromatic rings. The normalized spacial score (nSPS) is 18.8. The molecule has 0 radical (unpaired) electrons. The second-order valence-electron chi connectivity index (χ2n) is 20.9. The zero-order valence-corrected chi connectivity index (χ0v) is 40.3. The van der Waals surface area contributed by atoms with Gasteiger partial charge in [-0.1, -0.05) is 110 Å². The summed E-state index contributed by atoms with van der Waals surface area (Å²) in [6.45, 7) is 29.1. The van der Waals surface area contributed by atoms with Gasteiger partial charge in [0.05, 0.1) is 25.4 Å². The van der Waals surface area contributed by atoms with Crippen LogP contribution in [0.2, 0.25) is 18.1 Å². The Kier molecular flexibility index (Phi) is 16.7. The van der Waals surface area contributed by atoms with Gasteiger partial charge < -0.3 is 39.5 Å². The van der Waals surface area contributed by atoms with E-state index < -0.39 is 49.9 Å². The lowest BCUT2D eigenvalue weighted by atomic mass is 9.80. The number of carbonyl (C=O) groups excluding carboxylic acids is 3. The highest BCUT2D eigenvalue weighted by Gasteiger charge is 2.49. The number of hydrogen-bond donors (Lipinski definition) is 3. The Morgan fingerprint density at radius 1 is 0.833 bits per heavy atom. The molecule has 0 spiro atoms. The van der Waals surface area contributed by atoms with Crippen molar-refractivity contribution in [2.75, 3.05) is 33.4 Å². The first-order chi connectivity index (χ1) is 27.9. The van der Waals surface area contributed by atoms with Gasteiger partial charge >= 0.3 is 6.09 Å². The average molecular weight is 851 g/mol. The number of ether oxygens (including phenoxy) is 3. The minimum Gasteiger partial charge on any atom is -0.444 e. The number of amides is 3. The van der Waals surface area contributed by atoms with Crippen LogP contribution in [0.15, 0.2) is 54.6 Å². The number of piperidine rings is 1. The zero-order chi connectivity index (χ0) is 44.7. The molecule has 12 heteroatoms. The van der Waals surface area contributed by atoms with Gasteiger partial charge in [0.2, 0.25) is 11.8 Å². The van der Waals surface area contributed by atoms with Gasteiger partial charge in [-0.3, -0.25) is 9.59 Å². The monoisotopic (exact) mass is 851 g/mol. The number of likely N-dealkylation sites (tertiary alicyclic amines) is 1. The van der Waals surface area contributed by atoms with Crippen molar-refractivity contribution in [3.63, 3.8) is 0 Å². The number of alkyl carbamates (subject to hydrolysis) is 1. The lowest BCUT2D eigenvalue weighted by Gasteiger charge is -2.42. The molecule has 2 fully saturated rings. The number of hydrogen-bond acceptors (Lipinski definition) is 8. The molecule has 3 N–H and O–H groups in total. The molecule has 2 aliphatic rings. The highest BCUT2D eigenvalue weighted by molar-refractivity contribution is 6.74. The van der Waals surface area contributed by atoms with E-state index in [0.29, 0.717) is 45.2 Å². The molecule has 11 nitrogen and oxygen atoms in total. The van der Waals surface area contributed by atoms with Gasteiger partial charge in [0, 0.05) is 36.0 Å². The predicted molar refractivity (Wildman–Crippen MR) is 242 cm³/mol. The lowest BCUT2D eigenvalue weighted by Crippen LogP contribution is -2.56. The lowest BCUT2D eigenvalue weighted by molar-refractivity contribution is -0.232. The first-order valence-electron chi connectivity index (χ1n) is 22.2. The fourth-order valence-corrected chi connectivity index (χ4v) is 9.35. The molecular formula is C48H78N4O7Si. The van der Waals surface area contributed by atoms with E-state index in [4.69, 9.17) is 18.6 Å². The van der Waals surface area contributed by atoms with Gasteiger partial charge in [0.1, 0.15) is 11.6 Å². The van der Waals surface area contributed by atoms with Gasteiger partial charge in [-0.15, -0.1) is 0 Å². The maximum Gasteiger partial charge on any atom is 0.407 e. The van der Waals surface area contributed by atoms with E-state index in [1.165, 1.54) is 0 Å². The summed E-state index contributed by atoms with van der Waals surface area (Å²) in [5, 5.41) is 9.64. The second-order valence-corrected chi connectivity index (χ2v) is 25.6. The molecule has 0 saturated carbocycles. The van der Waals surface area contributed by atoms with Crippen LogP contribution in [-0.2, 0) is 46.9 Å². The summed E-state index contributed by atoms with van der Waals surface area (Å²) in [4.78, 5) is 44.7. The van der Waals surface area contributed by atoms with Crippen molar-refractivity contribution >= 4 is 26.2 Å². The molecular weight excluding hydrogens is 773 g/mol. The van der Waals surface area contributed by atoms with Crippen LogP contribution in [0.25, 0.3) is 0 Å². The highest BCUT2D eigenvalue weighted by atomic mass is 28.4. The number of nitrogens with zero attached hydrogens (tertiary/aromatic N) is 1. The van der Waals surface area contributed by atoms with Crippen molar-refractivity contribution < 1.29 is 33.0 Å². The Hall–Kier alpha value is -3.29. The Morgan fingerprint density at radius 2 is 1.40 bits per heavy atom. The summed E-state index contributed by atoms with van der Waals surface area (Å²) < 4.78 is 25.7. The molecule has 336 valence electrons. The molecule has 0 bridgehead atoms. The molecule has 3 amide bonds. The van der Waals surface area contributed by atoms with Crippen molar-refractivity contribution in [1.29, 1.82) is 0 Å². The van der Waals surface area contributed by atoms with Crippen LogP contribution < -0.4 is 16.0 Å². The molecule has 60 heavy (non-hydrogen) atoms. The van der Waals surface area contributed by atoms with Crippen molar-refractivity contribution in [2.24, 2.45) is 17.3 Å². The van der Waals surface area contributed by atoms with Crippen LogP contribution in [0.4, 0.5) is 4.79 Å². The smallest absolute Gasteiger partial charge is 0.407 e. The summed E-state index contributed by atoms with van der Waals surface area (Å²) in [5.74, 6) is -1.91. The fraction of sp³-hybridized carbons (Fsp3) is 0.688. The first-order valence-corrected chi connectivity index (χ1v) is 25.1. The van der Waals surface area contributed by atoms with Crippen LogP contribution in [-0.4, -0.2) is 94.3 Å². The number of carbonyl (C=O) groups is 3.